The van der Waals surface area contributed by atoms with Gasteiger partial charge in [0.25, 0.3) is 0 Å². The number of alkyl halides is 3. The molecule has 4 nitrogen and oxygen atoms in total. The summed E-state index contributed by atoms with van der Waals surface area (Å²) in [5, 5.41) is 9.28. The Morgan fingerprint density at radius 1 is 0.943 bits per heavy atom. The molecule has 0 aliphatic carbocycles. The van der Waals surface area contributed by atoms with Gasteiger partial charge in [-0.25, -0.2) is 9.28 Å². The van der Waals surface area contributed by atoms with E-state index < -0.39 is 23.8 Å². The van der Waals surface area contributed by atoms with Crippen molar-refractivity contribution in [2.45, 2.75) is 51.0 Å². The number of quaternary nitrogens is 1. The number of fused-ring (bicyclic) bond motifs is 1. The van der Waals surface area contributed by atoms with Crippen molar-refractivity contribution in [3.63, 3.8) is 0 Å². The van der Waals surface area contributed by atoms with Crippen LogP contribution in [-0.4, -0.2) is 27.5 Å². The van der Waals surface area contributed by atoms with E-state index in [2.05, 4.69) is 0 Å². The third-order valence-corrected chi connectivity index (χ3v) is 6.94. The molecule has 4 rings (SSSR count). The average Bonchev–Trinajstić information content (AvgIpc) is 2.83. The fourth-order valence-electron chi connectivity index (χ4n) is 5.35. The van der Waals surface area contributed by atoms with Crippen LogP contribution in [0.5, 0.6) is 0 Å². The lowest BCUT2D eigenvalue weighted by Crippen LogP contribution is -2.62. The zero-order chi connectivity index (χ0) is 25.2. The zero-order valence-corrected chi connectivity index (χ0v) is 19.3. The van der Waals surface area contributed by atoms with Crippen molar-refractivity contribution in [1.82, 2.24) is 0 Å². The first-order valence-electron chi connectivity index (χ1n) is 11.5. The van der Waals surface area contributed by atoms with Crippen LogP contribution in [0, 0.1) is 0 Å². The van der Waals surface area contributed by atoms with Gasteiger partial charge in [0.1, 0.15) is 12.6 Å². The minimum atomic E-state index is -4.51. The number of hydrogen-bond donors (Lipinski definition) is 1. The van der Waals surface area contributed by atoms with E-state index in [4.69, 9.17) is 0 Å². The molecule has 3 atom stereocenters. The topological polar surface area (TPSA) is 54.4 Å². The van der Waals surface area contributed by atoms with E-state index in [-0.39, 0.29) is 35.8 Å². The molecule has 1 heterocycles. The maximum absolute atomic E-state index is 14.0. The van der Waals surface area contributed by atoms with Crippen molar-refractivity contribution in [3.05, 3.63) is 107 Å². The van der Waals surface area contributed by atoms with E-state index in [1.54, 1.807) is 6.07 Å². The maximum atomic E-state index is 14.0. The number of rotatable bonds is 6. The van der Waals surface area contributed by atoms with Gasteiger partial charge in [-0.1, -0.05) is 66.7 Å². The van der Waals surface area contributed by atoms with Crippen LogP contribution in [0.3, 0.4) is 0 Å². The number of carbonyl (C=O) groups is 2. The summed E-state index contributed by atoms with van der Waals surface area (Å²) in [5.41, 5.74) is 2.50. The second-order valence-electron chi connectivity index (χ2n) is 9.14. The quantitative estimate of drug-likeness (QED) is 0.429. The Labute approximate surface area is 202 Å². The number of carbonyl (C=O) groups excluding carboxylic acids is 1. The zero-order valence-electron chi connectivity index (χ0n) is 19.3. The molecule has 0 fully saturated rings. The van der Waals surface area contributed by atoms with E-state index >= 15 is 0 Å². The molecule has 0 saturated carbocycles. The highest BCUT2D eigenvalue weighted by atomic mass is 19.4. The molecule has 0 bridgehead atoms. The molecule has 1 aliphatic heterocycles. The van der Waals surface area contributed by atoms with Gasteiger partial charge < -0.3 is 5.11 Å². The van der Waals surface area contributed by atoms with E-state index in [0.29, 0.717) is 12.0 Å². The van der Waals surface area contributed by atoms with Crippen molar-refractivity contribution >= 4 is 11.9 Å². The number of hydrogen-bond acceptors (Lipinski definition) is 2. The second-order valence-corrected chi connectivity index (χ2v) is 9.14. The Bertz CT molecular complexity index is 1230. The minimum Gasteiger partial charge on any atom is -0.481 e. The molecular formula is C28H27F3NO3+. The van der Waals surface area contributed by atoms with Crippen molar-refractivity contribution in [2.75, 3.05) is 0 Å². The van der Waals surface area contributed by atoms with Crippen molar-refractivity contribution in [2.24, 2.45) is 0 Å². The van der Waals surface area contributed by atoms with E-state index in [9.17, 15) is 27.9 Å². The Balaban J connectivity index is 1.93. The van der Waals surface area contributed by atoms with E-state index in [1.807, 2.05) is 61.5 Å². The Morgan fingerprint density at radius 3 is 2.31 bits per heavy atom. The van der Waals surface area contributed by atoms with Crippen molar-refractivity contribution in [3.8, 4) is 0 Å². The molecule has 0 radical (unpaired) electrons. The molecule has 1 aliphatic rings. The molecule has 0 saturated heterocycles. The van der Waals surface area contributed by atoms with Crippen LogP contribution in [-0.2, 0) is 28.7 Å². The highest BCUT2D eigenvalue weighted by Crippen LogP contribution is 2.46. The monoisotopic (exact) mass is 482 g/mol. The van der Waals surface area contributed by atoms with Gasteiger partial charge in [-0.3, -0.25) is 4.79 Å². The van der Waals surface area contributed by atoms with Gasteiger partial charge in [-0.05, 0) is 24.6 Å². The van der Waals surface area contributed by atoms with Gasteiger partial charge in [0.15, 0.2) is 0 Å². The van der Waals surface area contributed by atoms with Crippen molar-refractivity contribution < 1.29 is 32.3 Å². The lowest BCUT2D eigenvalue weighted by molar-refractivity contribution is -0.917. The van der Waals surface area contributed by atoms with Crippen LogP contribution in [0.25, 0.3) is 0 Å². The highest BCUT2D eigenvalue weighted by Gasteiger charge is 2.53. The summed E-state index contributed by atoms with van der Waals surface area (Å²) in [5.74, 6) is -1.38. The number of nitrogens with zero attached hydrogens (tertiary/aromatic N) is 1. The van der Waals surface area contributed by atoms with Gasteiger partial charge >= 0.3 is 18.1 Å². The molecule has 3 aromatic carbocycles. The third kappa shape index (κ3) is 4.86. The second kappa shape index (κ2) is 9.66. The lowest BCUT2D eigenvalue weighted by atomic mass is 9.81. The molecule has 7 heteroatoms. The minimum absolute atomic E-state index is 0.0252. The Hall–Kier alpha value is -3.45. The SMILES string of the molecule is CC1Cc2ccccc2C(c2ccccc2)[N+]1(Cc1cccc(C(F)(F)F)c1)C(=O)CCC(=O)O. The van der Waals surface area contributed by atoms with Gasteiger partial charge in [-0.15, -0.1) is 0 Å². The summed E-state index contributed by atoms with van der Waals surface area (Å²) in [4.78, 5) is 25.4. The number of amides is 1. The van der Waals surface area contributed by atoms with Gasteiger partial charge in [0, 0.05) is 23.1 Å². The molecule has 35 heavy (non-hydrogen) atoms. The number of aliphatic carboxylic acids is 1. The first kappa shape index (κ1) is 24.7. The maximum Gasteiger partial charge on any atom is 0.416 e. The van der Waals surface area contributed by atoms with Crippen molar-refractivity contribution in [1.29, 1.82) is 0 Å². The van der Waals surface area contributed by atoms with Crippen LogP contribution in [0.1, 0.15) is 53.6 Å². The standard InChI is InChI=1S/C28H26F3NO3/c1-19-16-22-11-5-6-13-24(22)27(21-9-3-2-4-10-21)32(19,25(33)14-15-26(34)35)18-20-8-7-12-23(17-20)28(29,30)31/h2-13,17,19,27H,14-16,18H2,1H3/p+1. The summed E-state index contributed by atoms with van der Waals surface area (Å²) in [6, 6.07) is 21.6. The molecule has 182 valence electrons. The van der Waals surface area contributed by atoms with Gasteiger partial charge in [0.05, 0.1) is 24.4 Å². The first-order chi connectivity index (χ1) is 16.6. The van der Waals surface area contributed by atoms with Crippen LogP contribution in [0.2, 0.25) is 0 Å². The molecular weight excluding hydrogens is 455 g/mol. The molecule has 1 amide bonds. The normalized spacial score (nSPS) is 21.8. The highest BCUT2D eigenvalue weighted by molar-refractivity contribution is 5.77. The summed E-state index contributed by atoms with van der Waals surface area (Å²) < 4.78 is 40.3. The summed E-state index contributed by atoms with van der Waals surface area (Å²) in [7, 11) is 0. The van der Waals surface area contributed by atoms with Crippen LogP contribution in [0.4, 0.5) is 13.2 Å². The fraction of sp³-hybridized carbons (Fsp3) is 0.286. The van der Waals surface area contributed by atoms with Crippen LogP contribution in [0.15, 0.2) is 78.9 Å². The molecule has 3 aromatic rings. The molecule has 3 unspecified atom stereocenters. The molecule has 1 N–H and O–H groups in total. The Kier molecular flexibility index (Phi) is 6.81. The molecule has 0 spiro atoms. The number of halogens is 3. The van der Waals surface area contributed by atoms with E-state index in [1.165, 1.54) is 6.07 Å². The first-order valence-corrected chi connectivity index (χ1v) is 11.5. The third-order valence-electron chi connectivity index (χ3n) is 6.94. The van der Waals surface area contributed by atoms with Crippen LogP contribution < -0.4 is 0 Å². The largest absolute Gasteiger partial charge is 0.481 e. The van der Waals surface area contributed by atoms with Crippen LogP contribution >= 0.6 is 0 Å². The number of carboxylic acid groups (broad SMARTS) is 1. The van der Waals surface area contributed by atoms with Gasteiger partial charge in [-0.2, -0.15) is 13.2 Å². The fourth-order valence-corrected chi connectivity index (χ4v) is 5.35. The summed E-state index contributed by atoms with van der Waals surface area (Å²) >= 11 is 0. The lowest BCUT2D eigenvalue weighted by Gasteiger charge is -2.50. The predicted molar refractivity (Wildman–Crippen MR) is 125 cm³/mol. The number of benzene rings is 3. The number of carboxylic acids is 1. The van der Waals surface area contributed by atoms with Gasteiger partial charge in [0.2, 0.25) is 0 Å². The predicted octanol–water partition coefficient (Wildman–Crippen LogP) is 6.15. The summed E-state index contributed by atoms with van der Waals surface area (Å²) in [6.07, 6.45) is -4.49. The smallest absolute Gasteiger partial charge is 0.416 e. The molecule has 0 aromatic heterocycles. The summed E-state index contributed by atoms with van der Waals surface area (Å²) in [6.45, 7) is 1.95. The van der Waals surface area contributed by atoms with E-state index in [0.717, 1.165) is 28.8 Å². The Morgan fingerprint density at radius 2 is 1.63 bits per heavy atom. The average molecular weight is 483 g/mol.